The number of benzene rings is 1. The van der Waals surface area contributed by atoms with Gasteiger partial charge in [0, 0.05) is 6.07 Å². The summed E-state index contributed by atoms with van der Waals surface area (Å²) in [4.78, 5) is 33.0. The number of hydrogen-bond donors (Lipinski definition) is 3. The maximum atomic E-state index is 12.0. The number of nitrogen functional groups attached to an aromatic ring is 1. The Hall–Kier alpha value is -2.64. The van der Waals surface area contributed by atoms with Crippen LogP contribution in [0.5, 0.6) is 0 Å². The third-order valence-electron chi connectivity index (χ3n) is 2.74. The number of amides is 1. The summed E-state index contributed by atoms with van der Waals surface area (Å²) in [5.41, 5.74) is 4.76. The van der Waals surface area contributed by atoms with Crippen molar-refractivity contribution >= 4 is 23.3 Å². The van der Waals surface area contributed by atoms with Gasteiger partial charge in [0.1, 0.15) is 11.7 Å². The highest BCUT2D eigenvalue weighted by molar-refractivity contribution is 6.02. The summed E-state index contributed by atoms with van der Waals surface area (Å²) in [6, 6.07) is 2.69. The number of nitrogens with one attached hydrogen (secondary N) is 1. The van der Waals surface area contributed by atoms with E-state index in [0.717, 1.165) is 0 Å². The molecule has 20 heavy (non-hydrogen) atoms. The van der Waals surface area contributed by atoms with E-state index in [1.54, 1.807) is 13.8 Å². The van der Waals surface area contributed by atoms with E-state index in [1.165, 1.54) is 18.2 Å². The van der Waals surface area contributed by atoms with Crippen LogP contribution in [0.25, 0.3) is 0 Å². The molecule has 8 nitrogen and oxygen atoms in total. The third-order valence-corrected chi connectivity index (χ3v) is 2.74. The molecule has 1 amide bonds. The molecule has 0 aromatic heterocycles. The molecule has 1 unspecified atom stereocenters. The molecule has 1 atom stereocenters. The average molecular weight is 281 g/mol. The number of carbonyl (C=O) groups excluding carboxylic acids is 1. The Bertz CT molecular complexity index is 556. The highest BCUT2D eigenvalue weighted by Crippen LogP contribution is 2.24. The maximum absolute atomic E-state index is 12.0. The van der Waals surface area contributed by atoms with E-state index >= 15 is 0 Å². The number of para-hydroxylation sites is 1. The van der Waals surface area contributed by atoms with E-state index < -0.39 is 28.5 Å². The Morgan fingerprint density at radius 2 is 2.00 bits per heavy atom. The van der Waals surface area contributed by atoms with E-state index in [0.29, 0.717) is 0 Å². The molecular weight excluding hydrogens is 266 g/mol. The van der Waals surface area contributed by atoms with Crippen molar-refractivity contribution in [1.82, 2.24) is 5.32 Å². The number of aliphatic carboxylic acids is 1. The van der Waals surface area contributed by atoms with E-state index in [1.807, 2.05) is 0 Å². The Morgan fingerprint density at radius 1 is 1.40 bits per heavy atom. The summed E-state index contributed by atoms with van der Waals surface area (Å²) in [6.45, 7) is 3.27. The molecule has 0 aliphatic rings. The molecule has 1 aromatic rings. The van der Waals surface area contributed by atoms with E-state index in [4.69, 9.17) is 10.8 Å². The standard InChI is InChI=1S/C12H15N3O5/c1-6(2)10(12(17)18)14-11(16)7-4-3-5-8(9(7)13)15(19)20/h3-6,10H,13H2,1-2H3,(H,14,16)(H,17,18). The largest absolute Gasteiger partial charge is 0.480 e. The molecule has 0 aliphatic heterocycles. The Balaban J connectivity index is 3.07. The van der Waals surface area contributed by atoms with Gasteiger partial charge < -0.3 is 16.2 Å². The van der Waals surface area contributed by atoms with Gasteiger partial charge in [-0.25, -0.2) is 4.79 Å². The van der Waals surface area contributed by atoms with Gasteiger partial charge in [0.05, 0.1) is 10.5 Å². The molecule has 0 fully saturated rings. The topological polar surface area (TPSA) is 136 Å². The van der Waals surface area contributed by atoms with Crippen LogP contribution in [-0.4, -0.2) is 27.9 Å². The molecule has 4 N–H and O–H groups in total. The highest BCUT2D eigenvalue weighted by atomic mass is 16.6. The quantitative estimate of drug-likeness (QED) is 0.418. The molecule has 0 radical (unpaired) electrons. The van der Waals surface area contributed by atoms with Gasteiger partial charge in [0.2, 0.25) is 0 Å². The van der Waals surface area contributed by atoms with Gasteiger partial charge in [-0.2, -0.15) is 0 Å². The number of anilines is 1. The lowest BCUT2D eigenvalue weighted by molar-refractivity contribution is -0.383. The highest BCUT2D eigenvalue weighted by Gasteiger charge is 2.26. The number of nitrogens with two attached hydrogens (primary N) is 1. The van der Waals surface area contributed by atoms with Gasteiger partial charge >= 0.3 is 5.97 Å². The van der Waals surface area contributed by atoms with E-state index in [9.17, 15) is 19.7 Å². The fourth-order valence-corrected chi connectivity index (χ4v) is 1.64. The van der Waals surface area contributed by atoms with Crippen molar-refractivity contribution in [3.8, 4) is 0 Å². The van der Waals surface area contributed by atoms with Crippen LogP contribution >= 0.6 is 0 Å². The zero-order valence-electron chi connectivity index (χ0n) is 11.0. The molecule has 0 saturated heterocycles. The van der Waals surface area contributed by atoms with Crippen LogP contribution in [0.2, 0.25) is 0 Å². The van der Waals surface area contributed by atoms with Crippen LogP contribution in [0.4, 0.5) is 11.4 Å². The fraction of sp³-hybridized carbons (Fsp3) is 0.333. The van der Waals surface area contributed by atoms with Crippen molar-refractivity contribution in [2.24, 2.45) is 5.92 Å². The minimum atomic E-state index is -1.18. The summed E-state index contributed by atoms with van der Waals surface area (Å²) in [5, 5.41) is 22.0. The lowest BCUT2D eigenvalue weighted by Crippen LogP contribution is -2.44. The van der Waals surface area contributed by atoms with Crippen LogP contribution < -0.4 is 11.1 Å². The van der Waals surface area contributed by atoms with Gasteiger partial charge in [0.15, 0.2) is 0 Å². The smallest absolute Gasteiger partial charge is 0.326 e. The number of nitro benzene ring substituents is 1. The molecule has 8 heteroatoms. The molecule has 108 valence electrons. The van der Waals surface area contributed by atoms with Gasteiger partial charge in [0.25, 0.3) is 11.6 Å². The van der Waals surface area contributed by atoms with Gasteiger partial charge in [-0.3, -0.25) is 14.9 Å². The predicted octanol–water partition coefficient (Wildman–Crippen LogP) is 1.02. The van der Waals surface area contributed by atoms with Crippen LogP contribution in [0, 0.1) is 16.0 Å². The van der Waals surface area contributed by atoms with Crippen LogP contribution in [0.1, 0.15) is 24.2 Å². The van der Waals surface area contributed by atoms with Crippen molar-refractivity contribution in [1.29, 1.82) is 0 Å². The summed E-state index contributed by atoms with van der Waals surface area (Å²) < 4.78 is 0. The molecule has 1 rings (SSSR count). The number of carboxylic acids is 1. The number of rotatable bonds is 5. The Morgan fingerprint density at radius 3 is 2.45 bits per heavy atom. The average Bonchev–Trinajstić information content (AvgIpc) is 2.34. The number of hydrogen-bond acceptors (Lipinski definition) is 5. The summed E-state index contributed by atoms with van der Waals surface area (Å²) in [6.07, 6.45) is 0. The second kappa shape index (κ2) is 6.00. The first kappa shape index (κ1) is 15.4. The summed E-state index contributed by atoms with van der Waals surface area (Å²) >= 11 is 0. The molecule has 0 heterocycles. The second-order valence-electron chi connectivity index (χ2n) is 4.53. The SMILES string of the molecule is CC(C)C(NC(=O)c1cccc([N+](=O)[O-])c1N)C(=O)O. The van der Waals surface area contributed by atoms with Crippen molar-refractivity contribution in [3.63, 3.8) is 0 Å². The van der Waals surface area contributed by atoms with E-state index in [-0.39, 0.29) is 17.2 Å². The molecule has 0 spiro atoms. The van der Waals surface area contributed by atoms with Crippen molar-refractivity contribution in [3.05, 3.63) is 33.9 Å². The number of nitro groups is 1. The molecule has 0 bridgehead atoms. The first-order valence-corrected chi connectivity index (χ1v) is 5.82. The van der Waals surface area contributed by atoms with Crippen molar-refractivity contribution in [2.45, 2.75) is 19.9 Å². The predicted molar refractivity (Wildman–Crippen MR) is 71.2 cm³/mol. The van der Waals surface area contributed by atoms with E-state index in [2.05, 4.69) is 5.32 Å². The Kier molecular flexibility index (Phi) is 4.63. The molecule has 1 aromatic carbocycles. The Labute approximate surface area is 114 Å². The number of nitrogens with zero attached hydrogens (tertiary/aromatic N) is 1. The fourth-order valence-electron chi connectivity index (χ4n) is 1.64. The molecule has 0 aliphatic carbocycles. The minimum Gasteiger partial charge on any atom is -0.480 e. The zero-order chi connectivity index (χ0) is 15.4. The van der Waals surface area contributed by atoms with Gasteiger partial charge in [-0.05, 0) is 12.0 Å². The van der Waals surface area contributed by atoms with Crippen LogP contribution in [-0.2, 0) is 4.79 Å². The lowest BCUT2D eigenvalue weighted by atomic mass is 10.0. The first-order valence-electron chi connectivity index (χ1n) is 5.82. The first-order chi connectivity index (χ1) is 9.25. The van der Waals surface area contributed by atoms with Crippen LogP contribution in [0.3, 0.4) is 0 Å². The monoisotopic (exact) mass is 281 g/mol. The van der Waals surface area contributed by atoms with Crippen LogP contribution in [0.15, 0.2) is 18.2 Å². The van der Waals surface area contributed by atoms with Gasteiger partial charge in [-0.15, -0.1) is 0 Å². The number of carbonyl (C=O) groups is 2. The summed E-state index contributed by atoms with van der Waals surface area (Å²) in [5.74, 6) is -2.28. The van der Waals surface area contributed by atoms with Gasteiger partial charge in [-0.1, -0.05) is 19.9 Å². The van der Waals surface area contributed by atoms with Crippen molar-refractivity contribution < 1.29 is 19.6 Å². The molecule has 0 saturated carbocycles. The maximum Gasteiger partial charge on any atom is 0.326 e. The number of carboxylic acid groups (broad SMARTS) is 1. The molecular formula is C12H15N3O5. The zero-order valence-corrected chi connectivity index (χ0v) is 11.0. The second-order valence-corrected chi connectivity index (χ2v) is 4.53. The summed E-state index contributed by atoms with van der Waals surface area (Å²) in [7, 11) is 0. The van der Waals surface area contributed by atoms with Crippen molar-refractivity contribution in [2.75, 3.05) is 5.73 Å². The minimum absolute atomic E-state index is 0.119. The lowest BCUT2D eigenvalue weighted by Gasteiger charge is -2.18. The third kappa shape index (κ3) is 3.22. The normalized spacial score (nSPS) is 11.9.